The Labute approximate surface area is 188 Å². The molecule has 2 heterocycles. The maximum atomic E-state index is 13.0. The van der Waals surface area contributed by atoms with Crippen molar-refractivity contribution < 1.29 is 19.1 Å². The quantitative estimate of drug-likeness (QED) is 0.675. The Morgan fingerprint density at radius 3 is 2.09 bits per heavy atom. The van der Waals surface area contributed by atoms with Crippen LogP contribution in [0.25, 0.3) is 0 Å². The van der Waals surface area contributed by atoms with Crippen molar-refractivity contribution in [2.24, 2.45) is 5.92 Å². The summed E-state index contributed by atoms with van der Waals surface area (Å²) >= 11 is 0. The number of carbonyl (C=O) groups is 3. The molecule has 0 N–H and O–H groups in total. The van der Waals surface area contributed by atoms with Crippen LogP contribution in [0.5, 0.6) is 0 Å². The second-order valence-electron chi connectivity index (χ2n) is 8.32. The highest BCUT2D eigenvalue weighted by molar-refractivity contribution is 5.80. The summed E-state index contributed by atoms with van der Waals surface area (Å²) in [7, 11) is 0. The van der Waals surface area contributed by atoms with E-state index in [1.807, 2.05) is 59.5 Å². The minimum absolute atomic E-state index is 0.0251. The Morgan fingerprint density at radius 1 is 0.844 bits per heavy atom. The summed E-state index contributed by atoms with van der Waals surface area (Å²) in [5.74, 6) is 0.218. The molecule has 32 heavy (non-hydrogen) atoms. The molecule has 0 unspecified atom stereocenters. The Bertz CT molecular complexity index is 916. The van der Waals surface area contributed by atoms with Crippen LogP contribution in [0, 0.1) is 5.92 Å². The molecule has 168 valence electrons. The number of benzene rings is 2. The maximum absolute atomic E-state index is 13.0. The normalized spacial score (nSPS) is 17.2. The van der Waals surface area contributed by atoms with Gasteiger partial charge in [-0.1, -0.05) is 30.3 Å². The van der Waals surface area contributed by atoms with E-state index in [-0.39, 0.29) is 24.5 Å². The zero-order valence-electron chi connectivity index (χ0n) is 18.2. The molecule has 0 atom stereocenters. The maximum Gasteiger partial charge on any atom is 0.410 e. The average molecular weight is 436 g/mol. The number of carbonyl (C=O) groups excluding carboxylic acids is 3. The third kappa shape index (κ3) is 5.28. The zero-order chi connectivity index (χ0) is 22.3. The lowest BCUT2D eigenvalue weighted by atomic mass is 9.94. The summed E-state index contributed by atoms with van der Waals surface area (Å²) in [6.07, 6.45) is 2.15. The molecule has 0 radical (unpaired) electrons. The Morgan fingerprint density at radius 2 is 1.47 bits per heavy atom. The summed E-state index contributed by atoms with van der Waals surface area (Å²) in [5.41, 5.74) is 2.71. The number of nitrogens with zero attached hydrogens (tertiary/aromatic N) is 3. The second-order valence-corrected chi connectivity index (χ2v) is 8.32. The molecule has 2 aliphatic heterocycles. The lowest BCUT2D eigenvalue weighted by Crippen LogP contribution is -2.53. The van der Waals surface area contributed by atoms with E-state index in [1.165, 1.54) is 0 Å². The van der Waals surface area contributed by atoms with Gasteiger partial charge in [-0.25, -0.2) is 4.79 Å². The number of piperazine rings is 1. The highest BCUT2D eigenvalue weighted by Crippen LogP contribution is 2.25. The molecule has 0 bridgehead atoms. The lowest BCUT2D eigenvalue weighted by Gasteiger charge is -2.38. The molecule has 2 fully saturated rings. The molecule has 0 aromatic heterocycles. The van der Waals surface area contributed by atoms with Crippen LogP contribution < -0.4 is 4.90 Å². The third-order valence-electron chi connectivity index (χ3n) is 6.29. The summed E-state index contributed by atoms with van der Waals surface area (Å²) in [5, 5.41) is 0. The number of ether oxygens (including phenoxy) is 1. The van der Waals surface area contributed by atoms with Gasteiger partial charge in [-0.05, 0) is 42.7 Å². The Kier molecular flexibility index (Phi) is 7.04. The first-order valence-corrected chi connectivity index (χ1v) is 11.2. The van der Waals surface area contributed by atoms with Gasteiger partial charge in [0, 0.05) is 56.4 Å². The Balaban J connectivity index is 1.20. The predicted molar refractivity (Wildman–Crippen MR) is 122 cm³/mol. The number of hydrogen-bond acceptors (Lipinski definition) is 5. The highest BCUT2D eigenvalue weighted by atomic mass is 16.6. The monoisotopic (exact) mass is 435 g/mol. The van der Waals surface area contributed by atoms with Crippen LogP contribution in [0.4, 0.5) is 10.5 Å². The summed E-state index contributed by atoms with van der Waals surface area (Å²) in [6, 6.07) is 17.2. The number of amides is 2. The molecule has 2 aromatic rings. The molecule has 2 amide bonds. The van der Waals surface area contributed by atoms with Gasteiger partial charge in [0.1, 0.15) is 12.9 Å². The van der Waals surface area contributed by atoms with Gasteiger partial charge in [-0.15, -0.1) is 0 Å². The standard InChI is InChI=1S/C25H29N3O4/c29-18-20-6-8-23(9-7-20)26-12-10-22(11-13-26)24(30)27-14-16-28(17-15-27)25(31)32-19-21-4-2-1-3-5-21/h1-9,18,22H,10-17,19H2. The molecular formula is C25H29N3O4. The first-order valence-electron chi connectivity index (χ1n) is 11.2. The van der Waals surface area contributed by atoms with Crippen LogP contribution >= 0.6 is 0 Å². The fourth-order valence-corrected chi connectivity index (χ4v) is 4.33. The van der Waals surface area contributed by atoms with Crippen molar-refractivity contribution in [3.8, 4) is 0 Å². The first kappa shape index (κ1) is 21.9. The predicted octanol–water partition coefficient (Wildman–Crippen LogP) is 3.20. The van der Waals surface area contributed by atoms with Gasteiger partial charge in [-0.2, -0.15) is 0 Å². The van der Waals surface area contributed by atoms with Crippen LogP contribution in [0.2, 0.25) is 0 Å². The van der Waals surface area contributed by atoms with Crippen molar-refractivity contribution in [3.63, 3.8) is 0 Å². The summed E-state index contributed by atoms with van der Waals surface area (Å²) < 4.78 is 5.41. The van der Waals surface area contributed by atoms with Gasteiger partial charge in [0.2, 0.25) is 5.91 Å². The molecule has 2 aliphatic rings. The Hall–Kier alpha value is -3.35. The summed E-state index contributed by atoms with van der Waals surface area (Å²) in [4.78, 5) is 42.0. The number of piperidine rings is 1. The zero-order valence-corrected chi connectivity index (χ0v) is 18.2. The fourth-order valence-electron chi connectivity index (χ4n) is 4.33. The van der Waals surface area contributed by atoms with Crippen molar-refractivity contribution in [2.75, 3.05) is 44.2 Å². The molecule has 4 rings (SSSR count). The van der Waals surface area contributed by atoms with E-state index in [0.29, 0.717) is 31.7 Å². The molecule has 7 nitrogen and oxygen atoms in total. The van der Waals surface area contributed by atoms with Gasteiger partial charge in [0.05, 0.1) is 0 Å². The lowest BCUT2D eigenvalue weighted by molar-refractivity contribution is -0.137. The topological polar surface area (TPSA) is 70.2 Å². The minimum Gasteiger partial charge on any atom is -0.445 e. The van der Waals surface area contributed by atoms with Crippen molar-refractivity contribution in [2.45, 2.75) is 19.4 Å². The minimum atomic E-state index is -0.324. The molecule has 2 saturated heterocycles. The van der Waals surface area contributed by atoms with E-state index in [2.05, 4.69) is 4.90 Å². The van der Waals surface area contributed by atoms with Gasteiger partial charge in [0.15, 0.2) is 0 Å². The van der Waals surface area contributed by atoms with Crippen LogP contribution in [0.3, 0.4) is 0 Å². The van der Waals surface area contributed by atoms with Crippen LogP contribution in [-0.4, -0.2) is 67.4 Å². The van der Waals surface area contributed by atoms with E-state index in [4.69, 9.17) is 4.74 Å². The van der Waals surface area contributed by atoms with Crippen molar-refractivity contribution >= 4 is 24.0 Å². The number of aldehydes is 1. The largest absolute Gasteiger partial charge is 0.445 e. The average Bonchev–Trinajstić information content (AvgIpc) is 2.88. The van der Waals surface area contributed by atoms with E-state index >= 15 is 0 Å². The number of hydrogen-bond donors (Lipinski definition) is 0. The van der Waals surface area contributed by atoms with Gasteiger partial charge >= 0.3 is 6.09 Å². The van der Waals surface area contributed by atoms with Gasteiger partial charge in [-0.3, -0.25) is 9.59 Å². The third-order valence-corrected chi connectivity index (χ3v) is 6.29. The molecule has 0 aliphatic carbocycles. The van der Waals surface area contributed by atoms with E-state index in [0.717, 1.165) is 43.5 Å². The van der Waals surface area contributed by atoms with E-state index in [1.54, 1.807) is 4.90 Å². The van der Waals surface area contributed by atoms with Crippen LogP contribution in [0.1, 0.15) is 28.8 Å². The van der Waals surface area contributed by atoms with Crippen molar-refractivity contribution in [3.05, 3.63) is 65.7 Å². The van der Waals surface area contributed by atoms with Crippen molar-refractivity contribution in [1.29, 1.82) is 0 Å². The van der Waals surface area contributed by atoms with Crippen molar-refractivity contribution in [1.82, 2.24) is 9.80 Å². The number of anilines is 1. The SMILES string of the molecule is O=Cc1ccc(N2CCC(C(=O)N3CCN(C(=O)OCc4ccccc4)CC3)CC2)cc1. The number of rotatable bonds is 5. The molecule has 7 heteroatoms. The van der Waals surface area contributed by atoms with E-state index < -0.39 is 0 Å². The molecule has 0 saturated carbocycles. The smallest absolute Gasteiger partial charge is 0.410 e. The van der Waals surface area contributed by atoms with Gasteiger partial charge < -0.3 is 19.4 Å². The van der Waals surface area contributed by atoms with Gasteiger partial charge in [0.25, 0.3) is 0 Å². The fraction of sp³-hybridized carbons (Fsp3) is 0.400. The molecule has 0 spiro atoms. The summed E-state index contributed by atoms with van der Waals surface area (Å²) in [6.45, 7) is 4.00. The second kappa shape index (κ2) is 10.3. The highest BCUT2D eigenvalue weighted by Gasteiger charge is 2.31. The molecule has 2 aromatic carbocycles. The first-order chi connectivity index (χ1) is 15.6. The molecular weight excluding hydrogens is 406 g/mol. The van der Waals surface area contributed by atoms with Crippen LogP contribution in [0.15, 0.2) is 54.6 Å². The van der Waals surface area contributed by atoms with Crippen LogP contribution in [-0.2, 0) is 16.1 Å². The van der Waals surface area contributed by atoms with E-state index in [9.17, 15) is 14.4 Å².